The fraction of sp³-hybridized carbons (Fsp3) is 0.364. The predicted octanol–water partition coefficient (Wildman–Crippen LogP) is 3.11. The van der Waals surface area contributed by atoms with Crippen LogP contribution in [0.1, 0.15) is 16.7 Å². The third-order valence-corrected chi connectivity index (χ3v) is 2.35. The van der Waals surface area contributed by atoms with E-state index in [1.54, 1.807) is 19.9 Å². The lowest BCUT2D eigenvalue weighted by molar-refractivity contribution is -0.167. The van der Waals surface area contributed by atoms with Crippen LogP contribution in [0.25, 0.3) is 0 Å². The molecule has 1 N–H and O–H groups in total. The van der Waals surface area contributed by atoms with Gasteiger partial charge in [0, 0.05) is 5.69 Å². The molecule has 0 saturated heterocycles. The van der Waals surface area contributed by atoms with Crippen molar-refractivity contribution >= 4 is 11.6 Å². The maximum Gasteiger partial charge on any atom is 0.471 e. The van der Waals surface area contributed by atoms with E-state index in [0.717, 1.165) is 11.1 Å². The van der Waals surface area contributed by atoms with Crippen LogP contribution in [-0.2, 0) is 4.79 Å². The summed E-state index contributed by atoms with van der Waals surface area (Å²) in [6, 6.07) is 3.27. The molecule has 1 aromatic carbocycles. The van der Waals surface area contributed by atoms with E-state index in [0.29, 0.717) is 5.56 Å². The van der Waals surface area contributed by atoms with E-state index in [9.17, 15) is 18.0 Å². The number of aryl methyl sites for hydroxylation is 3. The van der Waals surface area contributed by atoms with Gasteiger partial charge in [0.15, 0.2) is 0 Å². The first-order valence-corrected chi connectivity index (χ1v) is 4.68. The Balaban J connectivity index is 2.99. The number of nitrogens with one attached hydrogen (secondary N) is 1. The van der Waals surface area contributed by atoms with Crippen molar-refractivity contribution in [2.24, 2.45) is 0 Å². The predicted molar refractivity (Wildman–Crippen MR) is 55.3 cm³/mol. The Kier molecular flexibility index (Phi) is 3.26. The second kappa shape index (κ2) is 4.15. The number of alkyl halides is 3. The lowest BCUT2D eigenvalue weighted by Crippen LogP contribution is -2.30. The van der Waals surface area contributed by atoms with Crippen LogP contribution in [0.3, 0.4) is 0 Å². The SMILES string of the molecule is Cc1cc(C)c(NC(=O)C(F)(F)F)cc1C. The maximum absolute atomic E-state index is 12.0. The molecule has 0 radical (unpaired) electrons. The van der Waals surface area contributed by atoms with E-state index < -0.39 is 12.1 Å². The molecule has 0 unspecified atom stereocenters. The van der Waals surface area contributed by atoms with Crippen LogP contribution >= 0.6 is 0 Å². The molecule has 88 valence electrons. The van der Waals surface area contributed by atoms with Crippen LogP contribution in [0, 0.1) is 20.8 Å². The average Bonchev–Trinajstić information content (AvgIpc) is 2.12. The van der Waals surface area contributed by atoms with Gasteiger partial charge in [-0.3, -0.25) is 4.79 Å². The molecule has 0 fully saturated rings. The van der Waals surface area contributed by atoms with Crippen molar-refractivity contribution < 1.29 is 18.0 Å². The largest absolute Gasteiger partial charge is 0.471 e. The van der Waals surface area contributed by atoms with Crippen LogP contribution in [0.5, 0.6) is 0 Å². The quantitative estimate of drug-likeness (QED) is 0.790. The molecular formula is C11H12F3NO. The number of carbonyl (C=O) groups excluding carboxylic acids is 1. The highest BCUT2D eigenvalue weighted by Crippen LogP contribution is 2.23. The number of carbonyl (C=O) groups is 1. The molecule has 0 atom stereocenters. The van der Waals surface area contributed by atoms with Gasteiger partial charge in [-0.05, 0) is 43.5 Å². The topological polar surface area (TPSA) is 29.1 Å². The van der Waals surface area contributed by atoms with Crippen molar-refractivity contribution in [3.05, 3.63) is 28.8 Å². The Hall–Kier alpha value is -1.52. The Morgan fingerprint density at radius 2 is 1.56 bits per heavy atom. The van der Waals surface area contributed by atoms with Crippen molar-refractivity contribution in [3.63, 3.8) is 0 Å². The molecule has 2 nitrogen and oxygen atoms in total. The van der Waals surface area contributed by atoms with Gasteiger partial charge in [-0.25, -0.2) is 0 Å². The van der Waals surface area contributed by atoms with Crippen LogP contribution < -0.4 is 5.32 Å². The molecule has 5 heteroatoms. The fourth-order valence-electron chi connectivity index (χ4n) is 1.29. The van der Waals surface area contributed by atoms with Crippen molar-refractivity contribution in [2.45, 2.75) is 26.9 Å². The van der Waals surface area contributed by atoms with Crippen molar-refractivity contribution in [3.8, 4) is 0 Å². The lowest BCUT2D eigenvalue weighted by atomic mass is 10.0. The summed E-state index contributed by atoms with van der Waals surface area (Å²) < 4.78 is 36.1. The number of rotatable bonds is 1. The molecule has 0 heterocycles. The summed E-state index contributed by atoms with van der Waals surface area (Å²) in [6.07, 6.45) is -4.86. The Labute approximate surface area is 91.5 Å². The number of halogens is 3. The Morgan fingerprint density at radius 1 is 1.06 bits per heavy atom. The molecule has 0 bridgehead atoms. The van der Waals surface area contributed by atoms with E-state index in [4.69, 9.17) is 0 Å². The first-order valence-electron chi connectivity index (χ1n) is 4.68. The standard InChI is InChI=1S/C11H12F3NO/c1-6-4-8(3)9(5-7(6)2)15-10(16)11(12,13)14/h4-5H,1-3H3,(H,15,16). The van der Waals surface area contributed by atoms with Gasteiger partial charge in [0.05, 0.1) is 0 Å². The number of anilines is 1. The molecule has 0 spiro atoms. The van der Waals surface area contributed by atoms with Crippen LogP contribution in [0.15, 0.2) is 12.1 Å². The normalized spacial score (nSPS) is 11.4. The van der Waals surface area contributed by atoms with E-state index in [1.807, 2.05) is 12.2 Å². The minimum Gasteiger partial charge on any atom is -0.318 e. The summed E-state index contributed by atoms with van der Waals surface area (Å²) in [7, 11) is 0. The number of hydrogen-bond acceptors (Lipinski definition) is 1. The molecule has 0 aromatic heterocycles. The van der Waals surface area contributed by atoms with Crippen molar-refractivity contribution in [1.82, 2.24) is 0 Å². The molecule has 0 aliphatic heterocycles. The van der Waals surface area contributed by atoms with Crippen LogP contribution in [-0.4, -0.2) is 12.1 Å². The van der Waals surface area contributed by atoms with Gasteiger partial charge in [0.1, 0.15) is 0 Å². The van der Waals surface area contributed by atoms with Gasteiger partial charge >= 0.3 is 12.1 Å². The second-order valence-corrected chi connectivity index (χ2v) is 3.70. The first kappa shape index (κ1) is 12.5. The lowest BCUT2D eigenvalue weighted by Gasteiger charge is -2.12. The Morgan fingerprint density at radius 3 is 2.06 bits per heavy atom. The molecule has 1 aromatic rings. The van der Waals surface area contributed by atoms with Crippen molar-refractivity contribution in [1.29, 1.82) is 0 Å². The molecule has 16 heavy (non-hydrogen) atoms. The minimum atomic E-state index is -4.86. The second-order valence-electron chi connectivity index (χ2n) is 3.70. The smallest absolute Gasteiger partial charge is 0.318 e. The van der Waals surface area contributed by atoms with Gasteiger partial charge in [-0.2, -0.15) is 13.2 Å². The van der Waals surface area contributed by atoms with E-state index in [-0.39, 0.29) is 5.69 Å². The van der Waals surface area contributed by atoms with Gasteiger partial charge in [-0.1, -0.05) is 6.07 Å². The van der Waals surface area contributed by atoms with Crippen molar-refractivity contribution in [2.75, 3.05) is 5.32 Å². The molecule has 1 amide bonds. The highest BCUT2D eigenvalue weighted by Gasteiger charge is 2.38. The third kappa shape index (κ3) is 2.74. The highest BCUT2D eigenvalue weighted by molar-refractivity contribution is 5.95. The fourth-order valence-corrected chi connectivity index (χ4v) is 1.29. The highest BCUT2D eigenvalue weighted by atomic mass is 19.4. The maximum atomic E-state index is 12.0. The van der Waals surface area contributed by atoms with Crippen LogP contribution in [0.4, 0.5) is 18.9 Å². The summed E-state index contributed by atoms with van der Waals surface area (Å²) in [4.78, 5) is 10.7. The number of benzene rings is 1. The zero-order chi connectivity index (χ0) is 12.5. The Bertz CT molecular complexity index is 424. The monoisotopic (exact) mass is 231 g/mol. The molecule has 0 saturated carbocycles. The van der Waals surface area contributed by atoms with Gasteiger partial charge < -0.3 is 5.32 Å². The summed E-state index contributed by atoms with van der Waals surface area (Å²) in [5.74, 6) is -1.95. The molecular weight excluding hydrogens is 219 g/mol. The van der Waals surface area contributed by atoms with Crippen LogP contribution in [0.2, 0.25) is 0 Å². The zero-order valence-corrected chi connectivity index (χ0v) is 9.20. The van der Waals surface area contributed by atoms with E-state index >= 15 is 0 Å². The average molecular weight is 231 g/mol. The number of hydrogen-bond donors (Lipinski definition) is 1. The summed E-state index contributed by atoms with van der Waals surface area (Å²) in [5, 5.41) is 1.85. The van der Waals surface area contributed by atoms with E-state index in [2.05, 4.69) is 0 Å². The summed E-state index contributed by atoms with van der Waals surface area (Å²) >= 11 is 0. The van der Waals surface area contributed by atoms with E-state index in [1.165, 1.54) is 6.07 Å². The van der Waals surface area contributed by atoms with Gasteiger partial charge in [0.2, 0.25) is 0 Å². The minimum absolute atomic E-state index is 0.199. The van der Waals surface area contributed by atoms with Gasteiger partial charge in [-0.15, -0.1) is 0 Å². The summed E-state index contributed by atoms with van der Waals surface area (Å²) in [6.45, 7) is 5.29. The molecule has 0 aliphatic rings. The summed E-state index contributed by atoms with van der Waals surface area (Å²) in [5.41, 5.74) is 2.62. The first-order chi connectivity index (χ1) is 7.21. The third-order valence-electron chi connectivity index (χ3n) is 2.35. The number of amides is 1. The molecule has 1 rings (SSSR count). The zero-order valence-electron chi connectivity index (χ0n) is 9.20. The van der Waals surface area contributed by atoms with Gasteiger partial charge in [0.25, 0.3) is 0 Å². The molecule has 0 aliphatic carbocycles.